The molecule has 0 spiro atoms. The van der Waals surface area contributed by atoms with Crippen LogP contribution in [0.2, 0.25) is 0 Å². The van der Waals surface area contributed by atoms with Gasteiger partial charge in [-0.3, -0.25) is 25.0 Å². The molecule has 0 atom stereocenters. The van der Waals surface area contributed by atoms with E-state index in [4.69, 9.17) is 0 Å². The quantitative estimate of drug-likeness (QED) is 0.428. The Morgan fingerprint density at radius 3 is 2.48 bits per heavy atom. The fourth-order valence-corrected chi connectivity index (χ4v) is 1.78. The maximum Gasteiger partial charge on any atom is 0.305 e. The maximum absolute atomic E-state index is 11.0. The number of anilines is 1. The lowest BCUT2D eigenvalue weighted by Gasteiger charge is -2.18. The van der Waals surface area contributed by atoms with Crippen LogP contribution >= 0.6 is 0 Å². The van der Waals surface area contributed by atoms with Gasteiger partial charge in [0, 0.05) is 26.1 Å². The summed E-state index contributed by atoms with van der Waals surface area (Å²) in [6.45, 7) is 0.383. The van der Waals surface area contributed by atoms with Gasteiger partial charge in [0.1, 0.15) is 5.69 Å². The summed E-state index contributed by atoms with van der Waals surface area (Å²) in [7, 11) is 2.90. The molecule has 9 heteroatoms. The average molecular weight is 297 g/mol. The summed E-state index contributed by atoms with van der Waals surface area (Å²) in [5.74, 6) is -0.360. The van der Waals surface area contributed by atoms with Crippen LogP contribution in [0.3, 0.4) is 0 Å². The van der Waals surface area contributed by atoms with E-state index in [1.165, 1.54) is 19.2 Å². The molecule has 0 saturated heterocycles. The Bertz CT molecular complexity index is 560. The highest BCUT2D eigenvalue weighted by Crippen LogP contribution is 2.31. The predicted molar refractivity (Wildman–Crippen MR) is 74.3 cm³/mol. The van der Waals surface area contributed by atoms with Crippen molar-refractivity contribution in [2.24, 2.45) is 0 Å². The van der Waals surface area contributed by atoms with Gasteiger partial charge in [-0.2, -0.15) is 0 Å². The minimum absolute atomic E-state index is 0.196. The average Bonchev–Trinajstić information content (AvgIpc) is 2.45. The van der Waals surface area contributed by atoms with E-state index in [1.54, 1.807) is 11.9 Å². The molecule has 9 nitrogen and oxygen atoms in total. The molecule has 0 radical (unpaired) electrons. The smallest absolute Gasteiger partial charge is 0.305 e. The number of carbonyl (C=O) groups is 1. The molecule has 0 bridgehead atoms. The van der Waals surface area contributed by atoms with E-state index < -0.39 is 9.85 Å². The first kappa shape index (κ1) is 16.3. The van der Waals surface area contributed by atoms with Gasteiger partial charge in [0.15, 0.2) is 0 Å². The number of nitrogens with zero attached hydrogens (tertiary/aromatic N) is 3. The lowest BCUT2D eigenvalue weighted by molar-refractivity contribution is -0.393. The summed E-state index contributed by atoms with van der Waals surface area (Å²) in [5.41, 5.74) is -0.423. The number of rotatable bonds is 7. The van der Waals surface area contributed by atoms with Crippen molar-refractivity contribution < 1.29 is 19.4 Å². The molecule has 1 rings (SSSR count). The Kier molecular flexibility index (Phi) is 5.58. The number of hydrogen-bond donors (Lipinski definition) is 0. The van der Waals surface area contributed by atoms with Crippen LogP contribution in [0.15, 0.2) is 18.2 Å². The zero-order chi connectivity index (χ0) is 16.0. The van der Waals surface area contributed by atoms with E-state index in [0.717, 1.165) is 6.07 Å². The van der Waals surface area contributed by atoms with Crippen LogP contribution < -0.4 is 4.90 Å². The number of nitro benzene ring substituents is 2. The highest BCUT2D eigenvalue weighted by Gasteiger charge is 2.21. The molecule has 0 saturated carbocycles. The Balaban J connectivity index is 2.88. The van der Waals surface area contributed by atoms with Crippen LogP contribution in [0.1, 0.15) is 12.8 Å². The molecule has 0 amide bonds. The summed E-state index contributed by atoms with van der Waals surface area (Å²) in [6.07, 6.45) is 0.652. The first-order valence-corrected chi connectivity index (χ1v) is 6.07. The van der Waals surface area contributed by atoms with Crippen LogP contribution in [0, 0.1) is 20.2 Å². The van der Waals surface area contributed by atoms with Gasteiger partial charge in [-0.25, -0.2) is 0 Å². The van der Waals surface area contributed by atoms with Crippen LogP contribution in [0.4, 0.5) is 17.1 Å². The Morgan fingerprint density at radius 1 is 1.29 bits per heavy atom. The van der Waals surface area contributed by atoms with Crippen molar-refractivity contribution in [3.05, 3.63) is 38.4 Å². The van der Waals surface area contributed by atoms with Crippen molar-refractivity contribution in [1.82, 2.24) is 0 Å². The third-order valence-electron chi connectivity index (χ3n) is 2.88. The summed E-state index contributed by atoms with van der Waals surface area (Å²) in [4.78, 5) is 32.9. The Hall–Kier alpha value is -2.71. The molecule has 114 valence electrons. The first-order valence-electron chi connectivity index (χ1n) is 6.07. The molecule has 0 unspecified atom stereocenters. The van der Waals surface area contributed by atoms with Gasteiger partial charge in [-0.1, -0.05) is 0 Å². The van der Waals surface area contributed by atoms with E-state index in [0.29, 0.717) is 13.0 Å². The predicted octanol–water partition coefficient (Wildman–Crippen LogP) is 1.89. The molecule has 0 N–H and O–H groups in total. The summed E-state index contributed by atoms with van der Waals surface area (Å²) in [6, 6.07) is 3.46. The van der Waals surface area contributed by atoms with Gasteiger partial charge in [-0.05, 0) is 12.5 Å². The second-order valence-corrected chi connectivity index (χ2v) is 4.29. The third kappa shape index (κ3) is 4.41. The molecular weight excluding hydrogens is 282 g/mol. The van der Waals surface area contributed by atoms with Crippen molar-refractivity contribution in [2.45, 2.75) is 12.8 Å². The van der Waals surface area contributed by atoms with Crippen LogP contribution in [-0.2, 0) is 9.53 Å². The van der Waals surface area contributed by atoms with E-state index >= 15 is 0 Å². The summed E-state index contributed by atoms with van der Waals surface area (Å²) >= 11 is 0. The van der Waals surface area contributed by atoms with E-state index in [-0.39, 0.29) is 29.5 Å². The zero-order valence-electron chi connectivity index (χ0n) is 11.6. The minimum Gasteiger partial charge on any atom is -0.469 e. The minimum atomic E-state index is -0.686. The van der Waals surface area contributed by atoms with Gasteiger partial charge < -0.3 is 9.64 Å². The normalized spacial score (nSPS) is 10.0. The van der Waals surface area contributed by atoms with Crippen molar-refractivity contribution in [3.8, 4) is 0 Å². The third-order valence-corrected chi connectivity index (χ3v) is 2.88. The Morgan fingerprint density at radius 2 is 1.95 bits per heavy atom. The van der Waals surface area contributed by atoms with Crippen molar-refractivity contribution >= 4 is 23.0 Å². The van der Waals surface area contributed by atoms with E-state index in [2.05, 4.69) is 4.74 Å². The van der Waals surface area contributed by atoms with Crippen molar-refractivity contribution in [2.75, 3.05) is 25.6 Å². The van der Waals surface area contributed by atoms with Gasteiger partial charge in [0.25, 0.3) is 11.4 Å². The Labute approximate surface area is 120 Å². The number of benzene rings is 1. The molecular formula is C12H15N3O6. The van der Waals surface area contributed by atoms with Crippen LogP contribution in [0.25, 0.3) is 0 Å². The van der Waals surface area contributed by atoms with E-state index in [9.17, 15) is 25.0 Å². The summed E-state index contributed by atoms with van der Waals surface area (Å²) in [5, 5.41) is 21.7. The van der Waals surface area contributed by atoms with E-state index in [1.807, 2.05) is 0 Å². The molecule has 0 aromatic heterocycles. The van der Waals surface area contributed by atoms with Crippen LogP contribution in [-0.4, -0.2) is 36.5 Å². The lowest BCUT2D eigenvalue weighted by Crippen LogP contribution is -2.20. The lowest BCUT2D eigenvalue weighted by atomic mass is 10.2. The second kappa shape index (κ2) is 7.17. The van der Waals surface area contributed by atoms with Crippen LogP contribution in [0.5, 0.6) is 0 Å². The monoisotopic (exact) mass is 297 g/mol. The molecule has 0 aliphatic heterocycles. The number of hydrogen-bond acceptors (Lipinski definition) is 7. The molecule has 1 aromatic rings. The topological polar surface area (TPSA) is 116 Å². The number of non-ortho nitro benzene ring substituents is 1. The SMILES string of the molecule is COC(=O)CCCN(C)c1ccc([N+](=O)[O-])cc1[N+](=O)[O-]. The van der Waals surface area contributed by atoms with Gasteiger partial charge in [-0.15, -0.1) is 0 Å². The largest absolute Gasteiger partial charge is 0.469 e. The molecule has 0 heterocycles. The zero-order valence-corrected chi connectivity index (χ0v) is 11.6. The molecule has 0 fully saturated rings. The number of nitro groups is 2. The summed E-state index contributed by atoms with van der Waals surface area (Å²) < 4.78 is 4.50. The fourth-order valence-electron chi connectivity index (χ4n) is 1.78. The standard InChI is InChI=1S/C12H15N3O6/c1-13(7-3-4-12(16)21-2)10-6-5-9(14(17)18)8-11(10)15(19)20/h5-6,8H,3-4,7H2,1-2H3. The van der Waals surface area contributed by atoms with Crippen molar-refractivity contribution in [3.63, 3.8) is 0 Å². The molecule has 1 aromatic carbocycles. The van der Waals surface area contributed by atoms with Crippen molar-refractivity contribution in [1.29, 1.82) is 0 Å². The maximum atomic E-state index is 11.0. The molecule has 0 aliphatic carbocycles. The van der Waals surface area contributed by atoms with Gasteiger partial charge in [0.2, 0.25) is 0 Å². The van der Waals surface area contributed by atoms with Gasteiger partial charge >= 0.3 is 5.97 Å². The number of methoxy groups -OCH3 is 1. The van der Waals surface area contributed by atoms with Gasteiger partial charge in [0.05, 0.1) is 23.0 Å². The number of carbonyl (C=O) groups excluding carboxylic acids is 1. The number of esters is 1. The highest BCUT2D eigenvalue weighted by atomic mass is 16.6. The number of ether oxygens (including phenoxy) is 1. The molecule has 0 aliphatic rings. The first-order chi connectivity index (χ1) is 9.86. The highest BCUT2D eigenvalue weighted by molar-refractivity contribution is 5.69. The molecule has 21 heavy (non-hydrogen) atoms. The fraction of sp³-hybridized carbons (Fsp3) is 0.417. The second-order valence-electron chi connectivity index (χ2n) is 4.29.